The largest absolute Gasteiger partial charge is 0.356 e. The summed E-state index contributed by atoms with van der Waals surface area (Å²) < 4.78 is 21.1. The average molecular weight is 422 g/mol. The van der Waals surface area contributed by atoms with Crippen molar-refractivity contribution in [2.24, 2.45) is 0 Å². The quantitative estimate of drug-likeness (QED) is 0.663. The van der Waals surface area contributed by atoms with Gasteiger partial charge < -0.3 is 15.0 Å². The van der Waals surface area contributed by atoms with Gasteiger partial charge in [0.2, 0.25) is 5.91 Å². The van der Waals surface area contributed by atoms with E-state index in [9.17, 15) is 14.0 Å². The third kappa shape index (κ3) is 4.80. The highest BCUT2D eigenvalue weighted by atomic mass is 19.1. The summed E-state index contributed by atoms with van der Waals surface area (Å²) in [6.45, 7) is 0.458. The lowest BCUT2D eigenvalue weighted by Crippen LogP contribution is -2.51. The molecule has 8 heteroatoms. The number of carbonyl (C=O) groups is 2. The van der Waals surface area contributed by atoms with Crippen LogP contribution in [-0.4, -0.2) is 46.3 Å². The van der Waals surface area contributed by atoms with Crippen molar-refractivity contribution in [3.05, 3.63) is 83.9 Å². The number of anilines is 1. The normalized spacial score (nSPS) is 18.8. The van der Waals surface area contributed by atoms with Gasteiger partial charge in [-0.05, 0) is 29.7 Å². The van der Waals surface area contributed by atoms with Crippen molar-refractivity contribution in [2.45, 2.75) is 25.1 Å². The Bertz CT molecular complexity index is 1070. The molecule has 4 rings (SSSR count). The zero-order chi connectivity index (χ0) is 21.8. The summed E-state index contributed by atoms with van der Waals surface area (Å²) in [7, 11) is 1.59. The van der Waals surface area contributed by atoms with E-state index in [0.717, 1.165) is 6.42 Å². The monoisotopic (exact) mass is 422 g/mol. The van der Waals surface area contributed by atoms with Crippen LogP contribution < -0.4 is 5.32 Å². The number of aryl methyl sites for hydroxylation is 2. The summed E-state index contributed by atoms with van der Waals surface area (Å²) in [5, 5.41) is 7.09. The van der Waals surface area contributed by atoms with Crippen molar-refractivity contribution in [3.8, 4) is 0 Å². The van der Waals surface area contributed by atoms with Crippen molar-refractivity contribution in [3.63, 3.8) is 0 Å². The fraction of sp³-hybridized carbons (Fsp3) is 0.261. The van der Waals surface area contributed by atoms with Crippen molar-refractivity contribution in [2.75, 3.05) is 19.0 Å². The van der Waals surface area contributed by atoms with Crippen LogP contribution in [0.3, 0.4) is 0 Å². The fourth-order valence-corrected chi connectivity index (χ4v) is 3.67. The zero-order valence-corrected chi connectivity index (χ0v) is 17.1. The highest BCUT2D eigenvalue weighted by Crippen LogP contribution is 2.30. The van der Waals surface area contributed by atoms with Gasteiger partial charge in [-0.15, -0.1) is 0 Å². The first-order chi connectivity index (χ1) is 15.0. The molecule has 0 radical (unpaired) electrons. The van der Waals surface area contributed by atoms with Crippen LogP contribution in [0.5, 0.6) is 0 Å². The molecule has 3 aromatic rings. The van der Waals surface area contributed by atoms with Crippen LogP contribution in [-0.2, 0) is 27.3 Å². The second kappa shape index (κ2) is 9.09. The van der Waals surface area contributed by atoms with Crippen LogP contribution in [0.4, 0.5) is 10.1 Å². The number of hydrogen-bond donors (Lipinski definition) is 1. The molecule has 1 aromatic heterocycles. The van der Waals surface area contributed by atoms with Crippen LogP contribution in [0.25, 0.3) is 0 Å². The van der Waals surface area contributed by atoms with Gasteiger partial charge in [0.1, 0.15) is 12.4 Å². The summed E-state index contributed by atoms with van der Waals surface area (Å²) in [6.07, 6.45) is 3.15. The van der Waals surface area contributed by atoms with Gasteiger partial charge in [-0.2, -0.15) is 5.10 Å². The highest BCUT2D eigenvalue weighted by Gasteiger charge is 2.40. The molecule has 2 heterocycles. The molecule has 0 saturated carbocycles. The number of likely N-dealkylation sites (N-methyl/N-ethyl adjacent to an activating group) is 1. The van der Waals surface area contributed by atoms with E-state index in [0.29, 0.717) is 17.8 Å². The van der Waals surface area contributed by atoms with Gasteiger partial charge in [0.15, 0.2) is 6.10 Å². The number of aromatic nitrogens is 2. The van der Waals surface area contributed by atoms with Crippen LogP contribution in [0.2, 0.25) is 0 Å². The Labute approximate surface area is 179 Å². The Kier molecular flexibility index (Phi) is 6.08. The molecule has 1 aliphatic rings. The molecule has 1 saturated heterocycles. The minimum Gasteiger partial charge on any atom is -0.356 e. The van der Waals surface area contributed by atoms with Gasteiger partial charge in [0.25, 0.3) is 5.91 Å². The molecule has 160 valence electrons. The number of halogens is 1. The maximum absolute atomic E-state index is 13.8. The third-order valence-corrected chi connectivity index (χ3v) is 5.31. The van der Waals surface area contributed by atoms with Crippen molar-refractivity contribution < 1.29 is 18.7 Å². The Balaban J connectivity index is 1.45. The predicted octanol–water partition coefficient (Wildman–Crippen LogP) is 2.80. The SMILES string of the molecule is CN1C(=O)COC(C(=O)Nc2cnn(CCc3ccccc3)c2)C1c1cccc(F)c1. The second-order valence-electron chi connectivity index (χ2n) is 7.45. The summed E-state index contributed by atoms with van der Waals surface area (Å²) >= 11 is 0. The summed E-state index contributed by atoms with van der Waals surface area (Å²) in [4.78, 5) is 26.5. The van der Waals surface area contributed by atoms with Crippen molar-refractivity contribution in [1.29, 1.82) is 0 Å². The third-order valence-electron chi connectivity index (χ3n) is 5.31. The Morgan fingerprint density at radius 1 is 1.23 bits per heavy atom. The molecule has 1 aliphatic heterocycles. The molecular weight excluding hydrogens is 399 g/mol. The van der Waals surface area contributed by atoms with E-state index in [4.69, 9.17) is 4.74 Å². The number of rotatable bonds is 6. The first-order valence-corrected chi connectivity index (χ1v) is 10.0. The number of nitrogens with zero attached hydrogens (tertiary/aromatic N) is 3. The maximum atomic E-state index is 13.8. The van der Waals surface area contributed by atoms with E-state index in [-0.39, 0.29) is 12.5 Å². The van der Waals surface area contributed by atoms with E-state index in [2.05, 4.69) is 22.5 Å². The van der Waals surface area contributed by atoms with Crippen molar-refractivity contribution >= 4 is 17.5 Å². The molecule has 0 aliphatic carbocycles. The molecule has 2 amide bonds. The topological polar surface area (TPSA) is 76.5 Å². The molecule has 7 nitrogen and oxygen atoms in total. The lowest BCUT2D eigenvalue weighted by molar-refractivity contribution is -0.160. The number of carbonyl (C=O) groups excluding carboxylic acids is 2. The Hall–Kier alpha value is -3.52. The molecule has 0 bridgehead atoms. The number of morpholine rings is 1. The van der Waals surface area contributed by atoms with Gasteiger partial charge >= 0.3 is 0 Å². The van der Waals surface area contributed by atoms with Crippen LogP contribution in [0, 0.1) is 5.82 Å². The lowest BCUT2D eigenvalue weighted by atomic mass is 9.97. The summed E-state index contributed by atoms with van der Waals surface area (Å²) in [6, 6.07) is 15.2. The number of nitrogens with one attached hydrogen (secondary N) is 1. The summed E-state index contributed by atoms with van der Waals surface area (Å²) in [5.41, 5.74) is 2.22. The van der Waals surface area contributed by atoms with E-state index < -0.39 is 23.9 Å². The van der Waals surface area contributed by atoms with E-state index >= 15 is 0 Å². The number of ether oxygens (including phenoxy) is 1. The van der Waals surface area contributed by atoms with Crippen LogP contribution in [0.1, 0.15) is 17.2 Å². The van der Waals surface area contributed by atoms with E-state index in [1.54, 1.807) is 36.3 Å². The molecular formula is C23H23FN4O3. The van der Waals surface area contributed by atoms with Gasteiger partial charge in [0.05, 0.1) is 17.9 Å². The molecule has 0 spiro atoms. The second-order valence-corrected chi connectivity index (χ2v) is 7.45. The van der Waals surface area contributed by atoms with Crippen LogP contribution in [0.15, 0.2) is 67.0 Å². The summed E-state index contributed by atoms with van der Waals surface area (Å²) in [5.74, 6) is -1.13. The Morgan fingerprint density at radius 3 is 2.81 bits per heavy atom. The lowest BCUT2D eigenvalue weighted by Gasteiger charge is -2.38. The molecule has 1 N–H and O–H groups in total. The van der Waals surface area contributed by atoms with Gasteiger partial charge in [-0.25, -0.2) is 4.39 Å². The molecule has 2 aromatic carbocycles. The molecule has 2 atom stereocenters. The first kappa shape index (κ1) is 20.7. The standard InChI is InChI=1S/C23H23FN4O3/c1-27-20(29)15-31-22(21(27)17-8-5-9-18(24)12-17)23(30)26-19-13-25-28(14-19)11-10-16-6-3-2-4-7-16/h2-9,12-14,21-22H,10-11,15H2,1H3,(H,26,30). The molecule has 2 unspecified atom stereocenters. The van der Waals surface area contributed by atoms with Gasteiger partial charge in [-0.1, -0.05) is 42.5 Å². The van der Waals surface area contributed by atoms with E-state index in [1.807, 2.05) is 18.2 Å². The Morgan fingerprint density at radius 2 is 2.03 bits per heavy atom. The van der Waals surface area contributed by atoms with Gasteiger partial charge in [-0.3, -0.25) is 14.3 Å². The minimum absolute atomic E-state index is 0.212. The number of hydrogen-bond acceptors (Lipinski definition) is 4. The minimum atomic E-state index is -0.975. The number of amides is 2. The molecule has 31 heavy (non-hydrogen) atoms. The predicted molar refractivity (Wildman–Crippen MR) is 113 cm³/mol. The number of benzene rings is 2. The highest BCUT2D eigenvalue weighted by molar-refractivity contribution is 5.96. The zero-order valence-electron chi connectivity index (χ0n) is 17.1. The smallest absolute Gasteiger partial charge is 0.256 e. The van der Waals surface area contributed by atoms with Crippen molar-refractivity contribution in [1.82, 2.24) is 14.7 Å². The first-order valence-electron chi connectivity index (χ1n) is 10.0. The molecule has 1 fully saturated rings. The van der Waals surface area contributed by atoms with E-state index in [1.165, 1.54) is 22.6 Å². The average Bonchev–Trinajstić information content (AvgIpc) is 3.22. The fourth-order valence-electron chi connectivity index (χ4n) is 3.67. The van der Waals surface area contributed by atoms with Gasteiger partial charge in [0, 0.05) is 19.8 Å². The maximum Gasteiger partial charge on any atom is 0.256 e. The van der Waals surface area contributed by atoms with Crippen LogP contribution >= 0.6 is 0 Å².